The minimum Gasteiger partial charge on any atom is -0.473 e. The number of aldehydes is 1. The first-order valence-electron chi connectivity index (χ1n) is 7.29. The fourth-order valence-electron chi connectivity index (χ4n) is 1.48. The van der Waals surface area contributed by atoms with Crippen LogP contribution in [-0.2, 0) is 14.3 Å². The average molecular weight is 329 g/mol. The zero-order valence-electron chi connectivity index (χ0n) is 14.3. The summed E-state index contributed by atoms with van der Waals surface area (Å²) in [5.74, 6) is -0.566. The maximum absolute atomic E-state index is 12.1. The lowest BCUT2D eigenvalue weighted by Gasteiger charge is -2.27. The third-order valence-corrected chi connectivity index (χ3v) is 2.65. The Morgan fingerprint density at radius 1 is 1.30 bits per heavy atom. The number of hydrogen-bond donors (Lipinski definition) is 4. The van der Waals surface area contributed by atoms with Crippen molar-refractivity contribution >= 4 is 24.1 Å². The van der Waals surface area contributed by atoms with Gasteiger partial charge in [-0.05, 0) is 26.7 Å². The van der Waals surface area contributed by atoms with Crippen molar-refractivity contribution in [2.45, 2.75) is 58.7 Å². The summed E-state index contributed by atoms with van der Waals surface area (Å²) in [5.41, 5.74) is 12.1. The summed E-state index contributed by atoms with van der Waals surface area (Å²) in [6.45, 7) is 8.87. The molecule has 0 aliphatic rings. The van der Waals surface area contributed by atoms with E-state index in [2.05, 4.69) is 10.4 Å². The highest BCUT2D eigenvalue weighted by Gasteiger charge is 2.27. The number of carbonyl (C=O) groups excluding carboxylic acids is 3. The summed E-state index contributed by atoms with van der Waals surface area (Å²) in [6, 6.07) is -2.50. The van der Waals surface area contributed by atoms with E-state index in [9.17, 15) is 14.4 Å². The molecule has 9 nitrogen and oxygen atoms in total. The molecule has 6 N–H and O–H groups in total. The van der Waals surface area contributed by atoms with Crippen LogP contribution in [0.4, 0.5) is 4.79 Å². The van der Waals surface area contributed by atoms with Crippen molar-refractivity contribution in [2.24, 2.45) is 22.5 Å². The van der Waals surface area contributed by atoms with E-state index in [1.165, 1.54) is 0 Å². The van der Waals surface area contributed by atoms with Crippen molar-refractivity contribution in [3.63, 3.8) is 0 Å². The van der Waals surface area contributed by atoms with Gasteiger partial charge in [-0.2, -0.15) is 0 Å². The number of carbonyl (C=O) groups is 3. The van der Waals surface area contributed by atoms with Crippen molar-refractivity contribution in [3.8, 4) is 0 Å². The molecule has 0 saturated heterocycles. The second-order valence-corrected chi connectivity index (χ2v) is 6.37. The van der Waals surface area contributed by atoms with E-state index in [0.29, 0.717) is 6.29 Å². The number of nitrogens with zero attached hydrogens (tertiary/aromatic N) is 1. The molecule has 0 radical (unpaired) electrons. The van der Waals surface area contributed by atoms with Crippen molar-refractivity contribution in [1.82, 2.24) is 10.7 Å². The summed E-state index contributed by atoms with van der Waals surface area (Å²) in [6.07, 6.45) is 0.517. The van der Waals surface area contributed by atoms with Crippen molar-refractivity contribution < 1.29 is 19.1 Å². The van der Waals surface area contributed by atoms with Gasteiger partial charge in [-0.25, -0.2) is 10.2 Å². The maximum atomic E-state index is 12.1. The quantitative estimate of drug-likeness (QED) is 0.221. The largest absolute Gasteiger partial charge is 0.473 e. The zero-order valence-corrected chi connectivity index (χ0v) is 14.3. The Balaban J connectivity index is 5.34. The molecule has 0 bridgehead atoms. The Hall–Kier alpha value is -2.16. The zero-order chi connectivity index (χ0) is 18.2. The second kappa shape index (κ2) is 9.09. The molecule has 0 saturated carbocycles. The number of hydrogen-bond acceptors (Lipinski definition) is 6. The molecular weight excluding hydrogens is 302 g/mol. The Morgan fingerprint density at radius 2 is 1.87 bits per heavy atom. The van der Waals surface area contributed by atoms with Gasteiger partial charge in [-0.3, -0.25) is 4.79 Å². The van der Waals surface area contributed by atoms with E-state index in [1.54, 1.807) is 34.6 Å². The molecule has 23 heavy (non-hydrogen) atoms. The molecule has 0 aliphatic heterocycles. The summed E-state index contributed by atoms with van der Waals surface area (Å²) in [5, 5.41) is 6.34. The highest BCUT2D eigenvalue weighted by atomic mass is 16.5. The molecule has 3 amide bonds. The minimum absolute atomic E-state index is 0.0345. The molecule has 132 valence electrons. The number of primary amides is 1. The highest BCUT2D eigenvalue weighted by molar-refractivity contribution is 5.91. The topological polar surface area (TPSA) is 149 Å². The summed E-state index contributed by atoms with van der Waals surface area (Å²) < 4.78 is 5.61. The fourth-order valence-corrected chi connectivity index (χ4v) is 1.48. The van der Waals surface area contributed by atoms with Gasteiger partial charge in [0.05, 0.1) is 6.04 Å². The molecule has 0 fully saturated rings. The van der Waals surface area contributed by atoms with Crippen LogP contribution in [0.15, 0.2) is 5.10 Å². The molecular formula is C14H27N5O4. The molecule has 0 rings (SSSR count). The predicted molar refractivity (Wildman–Crippen MR) is 86.4 cm³/mol. The lowest BCUT2D eigenvalue weighted by Crippen LogP contribution is -2.52. The summed E-state index contributed by atoms with van der Waals surface area (Å²) in [4.78, 5) is 33.8. The van der Waals surface area contributed by atoms with Crippen LogP contribution < -0.4 is 22.2 Å². The van der Waals surface area contributed by atoms with Crippen molar-refractivity contribution in [2.75, 3.05) is 0 Å². The van der Waals surface area contributed by atoms with E-state index in [1.807, 2.05) is 5.43 Å². The first-order valence-corrected chi connectivity index (χ1v) is 7.29. The molecule has 0 aromatic heterocycles. The second-order valence-electron chi connectivity index (χ2n) is 6.37. The average Bonchev–Trinajstić information content (AvgIpc) is 2.40. The Kier molecular flexibility index (Phi) is 8.23. The van der Waals surface area contributed by atoms with Gasteiger partial charge in [-0.1, -0.05) is 13.8 Å². The number of hydrazone groups is 1. The van der Waals surface area contributed by atoms with Gasteiger partial charge in [0.15, 0.2) is 0 Å². The number of amides is 3. The lowest BCUT2D eigenvalue weighted by atomic mass is 10.0. The molecule has 0 aromatic carbocycles. The van der Waals surface area contributed by atoms with E-state index < -0.39 is 29.6 Å². The standard InChI is InChI=1S/C14H27N5O4/c1-8(2)10(15)11(21)17-9(6-7-20)12(18-19-13(16)22)23-14(3,4)5/h7-10H,6,15H2,1-5H3,(H,17,21)(H3,16,19,22)/t9?,10-/m0/s1. The molecule has 2 atom stereocenters. The Bertz CT molecular complexity index is 457. The predicted octanol–water partition coefficient (Wildman–Crippen LogP) is -0.160. The Morgan fingerprint density at radius 3 is 2.26 bits per heavy atom. The van der Waals surface area contributed by atoms with Gasteiger partial charge in [0, 0.05) is 6.42 Å². The molecule has 0 heterocycles. The first kappa shape index (κ1) is 20.8. The normalized spacial score (nSPS) is 14.8. The summed E-state index contributed by atoms with van der Waals surface area (Å²) in [7, 11) is 0. The molecule has 1 unspecified atom stereocenters. The van der Waals surface area contributed by atoms with Crippen LogP contribution in [0.1, 0.15) is 41.0 Å². The SMILES string of the molecule is CC(C)[C@H](N)C(=O)NC(CC=O)C(=NNC(N)=O)OC(C)(C)C. The van der Waals surface area contributed by atoms with Crippen LogP contribution >= 0.6 is 0 Å². The number of nitrogens with two attached hydrogens (primary N) is 2. The van der Waals surface area contributed by atoms with Gasteiger partial charge in [0.1, 0.15) is 17.9 Å². The van der Waals surface area contributed by atoms with Crippen LogP contribution in [0, 0.1) is 5.92 Å². The third kappa shape index (κ3) is 8.77. The van der Waals surface area contributed by atoms with Crippen LogP contribution in [-0.4, -0.2) is 41.8 Å². The van der Waals surface area contributed by atoms with Gasteiger partial charge in [0.25, 0.3) is 0 Å². The highest BCUT2D eigenvalue weighted by Crippen LogP contribution is 2.11. The van der Waals surface area contributed by atoms with Crippen LogP contribution in [0.25, 0.3) is 0 Å². The van der Waals surface area contributed by atoms with Gasteiger partial charge >= 0.3 is 6.03 Å². The van der Waals surface area contributed by atoms with Crippen LogP contribution in [0.5, 0.6) is 0 Å². The lowest BCUT2D eigenvalue weighted by molar-refractivity contribution is -0.123. The van der Waals surface area contributed by atoms with Gasteiger partial charge < -0.3 is 26.3 Å². The summed E-state index contributed by atoms with van der Waals surface area (Å²) >= 11 is 0. The molecule has 0 spiro atoms. The maximum Gasteiger partial charge on any atom is 0.332 e. The minimum atomic E-state index is -0.893. The van der Waals surface area contributed by atoms with Crippen LogP contribution in [0.2, 0.25) is 0 Å². The molecule has 9 heteroatoms. The molecule has 0 aromatic rings. The first-order chi connectivity index (χ1) is 10.5. The van der Waals surface area contributed by atoms with E-state index in [0.717, 1.165) is 0 Å². The smallest absolute Gasteiger partial charge is 0.332 e. The number of nitrogens with one attached hydrogen (secondary N) is 2. The number of ether oxygens (including phenoxy) is 1. The van der Waals surface area contributed by atoms with Gasteiger partial charge in [-0.15, -0.1) is 5.10 Å². The van der Waals surface area contributed by atoms with E-state index >= 15 is 0 Å². The Labute approximate surface area is 136 Å². The fraction of sp³-hybridized carbons (Fsp3) is 0.714. The monoisotopic (exact) mass is 329 g/mol. The molecule has 0 aliphatic carbocycles. The van der Waals surface area contributed by atoms with Gasteiger partial charge in [0.2, 0.25) is 11.8 Å². The van der Waals surface area contributed by atoms with E-state index in [4.69, 9.17) is 16.2 Å². The van der Waals surface area contributed by atoms with Crippen LogP contribution in [0.3, 0.4) is 0 Å². The van der Waals surface area contributed by atoms with Crippen molar-refractivity contribution in [3.05, 3.63) is 0 Å². The third-order valence-electron chi connectivity index (χ3n) is 2.65. The van der Waals surface area contributed by atoms with E-state index in [-0.39, 0.29) is 18.2 Å². The number of rotatable bonds is 7. The van der Waals surface area contributed by atoms with Crippen molar-refractivity contribution in [1.29, 1.82) is 0 Å². The number of urea groups is 1.